The van der Waals surface area contributed by atoms with Crippen LogP contribution >= 0.6 is 11.6 Å². The fourth-order valence-corrected chi connectivity index (χ4v) is 6.72. The van der Waals surface area contributed by atoms with E-state index in [1.165, 1.54) is 6.26 Å². The highest BCUT2D eigenvalue weighted by Gasteiger charge is 2.29. The van der Waals surface area contributed by atoms with Crippen molar-refractivity contribution in [2.75, 3.05) is 44.4 Å². The molecule has 1 fully saturated rings. The fourth-order valence-electron chi connectivity index (χ4n) is 5.81. The van der Waals surface area contributed by atoms with E-state index in [1.54, 1.807) is 11.6 Å². The van der Waals surface area contributed by atoms with Crippen LogP contribution in [0.2, 0.25) is 5.02 Å². The van der Waals surface area contributed by atoms with Crippen molar-refractivity contribution < 1.29 is 8.42 Å². The van der Waals surface area contributed by atoms with Crippen LogP contribution in [-0.2, 0) is 35.7 Å². The van der Waals surface area contributed by atoms with E-state index >= 15 is 0 Å². The zero-order chi connectivity index (χ0) is 27.5. The molecule has 0 saturated carbocycles. The Morgan fingerprint density at radius 3 is 2.38 bits per heavy atom. The molecule has 2 aliphatic rings. The first kappa shape index (κ1) is 26.1. The van der Waals surface area contributed by atoms with Crippen molar-refractivity contribution >= 4 is 43.7 Å². The lowest BCUT2D eigenvalue weighted by Gasteiger charge is -2.32. The number of fused-ring (bicyclic) bond motifs is 2. The van der Waals surface area contributed by atoms with Gasteiger partial charge in [-0.25, -0.2) is 8.42 Å². The minimum absolute atomic E-state index is 0.0508. The van der Waals surface area contributed by atoms with Gasteiger partial charge in [0.2, 0.25) is 0 Å². The molecule has 0 atom stereocenters. The number of benzene rings is 2. The molecule has 0 amide bonds. The van der Waals surface area contributed by atoms with Gasteiger partial charge < -0.3 is 19.4 Å². The lowest BCUT2D eigenvalue weighted by molar-refractivity contribution is 0.147. The van der Waals surface area contributed by atoms with Gasteiger partial charge in [0.25, 0.3) is 5.56 Å². The standard InChI is InChI=1S/C29H32ClN5O3S/c1-32-10-12-34(13-11-32)17-25-24-16-35(21-7-5-20(30)6-8-21)26-9-4-19(18-39(3,37)38)14-22(26)23-15-33(2)29(36)28(31-25)27(23)24/h4-9,14-15,31H,10-13,16-18H2,1-3H3. The minimum atomic E-state index is -3.23. The normalized spacial score (nSPS) is 16.5. The van der Waals surface area contributed by atoms with Crippen molar-refractivity contribution in [3.8, 4) is 11.1 Å². The highest BCUT2D eigenvalue weighted by atomic mass is 35.5. The van der Waals surface area contributed by atoms with E-state index < -0.39 is 9.84 Å². The number of pyridine rings is 1. The number of halogens is 1. The topological polar surface area (TPSA) is 81.7 Å². The third-order valence-corrected chi connectivity index (χ3v) is 8.93. The summed E-state index contributed by atoms with van der Waals surface area (Å²) >= 11 is 6.24. The molecule has 0 aliphatic carbocycles. The Hall–Kier alpha value is -3.11. The maximum absolute atomic E-state index is 13.4. The Bertz CT molecular complexity index is 1740. The first-order valence-corrected chi connectivity index (χ1v) is 15.5. The summed E-state index contributed by atoms with van der Waals surface area (Å²) < 4.78 is 26.0. The number of aromatic amines is 1. The zero-order valence-corrected chi connectivity index (χ0v) is 23.9. The number of nitrogens with zero attached hydrogens (tertiary/aromatic N) is 4. The summed E-state index contributed by atoms with van der Waals surface area (Å²) in [5.74, 6) is -0.0508. The Morgan fingerprint density at radius 2 is 1.69 bits per heavy atom. The monoisotopic (exact) mass is 565 g/mol. The number of aromatic nitrogens is 2. The van der Waals surface area contributed by atoms with Crippen molar-refractivity contribution in [3.63, 3.8) is 0 Å². The van der Waals surface area contributed by atoms with E-state index in [9.17, 15) is 13.2 Å². The van der Waals surface area contributed by atoms with Crippen molar-refractivity contribution in [1.29, 1.82) is 0 Å². The number of hydrogen-bond acceptors (Lipinski definition) is 6. The molecule has 0 radical (unpaired) electrons. The zero-order valence-electron chi connectivity index (χ0n) is 22.4. The SMILES string of the molecule is CN1CCN(Cc2[nH]c3c(=O)n(C)cc4c3c2CN(c2ccc(Cl)cc2)c2ccc(CS(C)(=O)=O)cc2-4)CC1. The predicted molar refractivity (Wildman–Crippen MR) is 158 cm³/mol. The molecule has 0 bridgehead atoms. The Labute approximate surface area is 233 Å². The van der Waals surface area contributed by atoms with Crippen LogP contribution in [-0.4, -0.2) is 67.3 Å². The molecule has 4 heterocycles. The van der Waals surface area contributed by atoms with Crippen molar-refractivity contribution in [1.82, 2.24) is 19.4 Å². The number of likely N-dealkylation sites (N-methyl/N-ethyl adjacent to an activating group) is 1. The molecule has 6 rings (SSSR count). The summed E-state index contributed by atoms with van der Waals surface area (Å²) in [5, 5.41) is 1.57. The van der Waals surface area contributed by atoms with Crippen LogP contribution in [0.15, 0.2) is 53.5 Å². The molecular weight excluding hydrogens is 534 g/mol. The number of rotatable bonds is 5. The number of piperazine rings is 1. The lowest BCUT2D eigenvalue weighted by Crippen LogP contribution is -2.44. The Kier molecular flexibility index (Phi) is 6.58. The molecule has 10 heteroatoms. The average molecular weight is 566 g/mol. The van der Waals surface area contributed by atoms with Crippen LogP contribution < -0.4 is 10.5 Å². The van der Waals surface area contributed by atoms with Crippen LogP contribution in [0.1, 0.15) is 16.8 Å². The number of anilines is 2. The quantitative estimate of drug-likeness (QED) is 0.392. The van der Waals surface area contributed by atoms with E-state index in [-0.39, 0.29) is 11.3 Å². The maximum atomic E-state index is 13.4. The number of aryl methyl sites for hydroxylation is 1. The van der Waals surface area contributed by atoms with Gasteiger partial charge in [-0.2, -0.15) is 0 Å². The Balaban J connectivity index is 1.59. The van der Waals surface area contributed by atoms with Gasteiger partial charge in [0.1, 0.15) is 5.52 Å². The molecule has 1 N–H and O–H groups in total. The van der Waals surface area contributed by atoms with Gasteiger partial charge in [0.15, 0.2) is 9.84 Å². The first-order chi connectivity index (χ1) is 18.6. The van der Waals surface area contributed by atoms with Gasteiger partial charge in [-0.1, -0.05) is 17.7 Å². The molecule has 0 spiro atoms. The number of nitrogens with one attached hydrogen (secondary N) is 1. The largest absolute Gasteiger partial charge is 0.352 e. The van der Waals surface area contributed by atoms with E-state index in [4.69, 9.17) is 11.6 Å². The van der Waals surface area contributed by atoms with Gasteiger partial charge >= 0.3 is 0 Å². The molecule has 1 saturated heterocycles. The summed E-state index contributed by atoms with van der Waals surface area (Å²) in [6.45, 7) is 5.23. The van der Waals surface area contributed by atoms with Gasteiger partial charge in [-0.15, -0.1) is 0 Å². The van der Waals surface area contributed by atoms with Crippen LogP contribution in [0.25, 0.3) is 22.0 Å². The lowest BCUT2D eigenvalue weighted by atomic mass is 9.99. The average Bonchev–Trinajstić information content (AvgIpc) is 3.17. The van der Waals surface area contributed by atoms with E-state index in [0.29, 0.717) is 22.6 Å². The summed E-state index contributed by atoms with van der Waals surface area (Å²) in [4.78, 5) is 23.9. The smallest absolute Gasteiger partial charge is 0.274 e. The van der Waals surface area contributed by atoms with Crippen molar-refractivity contribution in [2.24, 2.45) is 7.05 Å². The highest BCUT2D eigenvalue weighted by Crippen LogP contribution is 2.45. The third kappa shape index (κ3) is 5.00. The third-order valence-electron chi connectivity index (χ3n) is 7.82. The number of H-pyrrole nitrogens is 1. The fraction of sp³-hybridized carbons (Fsp3) is 0.345. The van der Waals surface area contributed by atoms with E-state index in [2.05, 4.69) is 26.7 Å². The summed E-state index contributed by atoms with van der Waals surface area (Å²) in [5.41, 5.74) is 7.10. The highest BCUT2D eigenvalue weighted by molar-refractivity contribution is 7.89. The number of sulfone groups is 1. The minimum Gasteiger partial charge on any atom is -0.352 e. The van der Waals surface area contributed by atoms with Crippen LogP contribution in [0.5, 0.6) is 0 Å². The second-order valence-corrected chi connectivity index (χ2v) is 13.4. The van der Waals surface area contributed by atoms with Crippen LogP contribution in [0, 0.1) is 0 Å². The molecule has 204 valence electrons. The summed E-state index contributed by atoms with van der Waals surface area (Å²) in [6.07, 6.45) is 3.13. The van der Waals surface area contributed by atoms with Crippen LogP contribution in [0.4, 0.5) is 11.4 Å². The molecule has 39 heavy (non-hydrogen) atoms. The van der Waals surface area contributed by atoms with Crippen molar-refractivity contribution in [2.45, 2.75) is 18.8 Å². The van der Waals surface area contributed by atoms with Gasteiger partial charge in [0, 0.05) is 96.4 Å². The van der Waals surface area contributed by atoms with E-state index in [1.807, 2.05) is 48.7 Å². The molecule has 8 nitrogen and oxygen atoms in total. The maximum Gasteiger partial charge on any atom is 0.274 e. The van der Waals surface area contributed by atoms with Gasteiger partial charge in [-0.05, 0) is 49.0 Å². The summed E-state index contributed by atoms with van der Waals surface area (Å²) in [7, 11) is 0.682. The molecule has 4 aromatic rings. The van der Waals surface area contributed by atoms with E-state index in [0.717, 1.165) is 71.9 Å². The molecule has 2 aromatic heterocycles. The van der Waals surface area contributed by atoms with Gasteiger partial charge in [-0.3, -0.25) is 9.69 Å². The Morgan fingerprint density at radius 1 is 0.974 bits per heavy atom. The summed E-state index contributed by atoms with van der Waals surface area (Å²) in [6, 6.07) is 13.6. The number of hydrogen-bond donors (Lipinski definition) is 1. The predicted octanol–water partition coefficient (Wildman–Crippen LogP) is 4.13. The van der Waals surface area contributed by atoms with Crippen molar-refractivity contribution in [3.05, 3.63) is 80.9 Å². The van der Waals surface area contributed by atoms with Crippen LogP contribution in [0.3, 0.4) is 0 Å². The molecule has 2 aliphatic heterocycles. The molecule has 0 unspecified atom stereocenters. The molecule has 2 aromatic carbocycles. The second-order valence-electron chi connectivity index (χ2n) is 10.9. The first-order valence-electron chi connectivity index (χ1n) is 13.1. The molecular formula is C29H32ClN5O3S. The second kappa shape index (κ2) is 9.82. The van der Waals surface area contributed by atoms with Gasteiger partial charge in [0.05, 0.1) is 12.3 Å².